The molecule has 5 nitrogen and oxygen atoms in total. The summed E-state index contributed by atoms with van der Waals surface area (Å²) in [6, 6.07) is 13.5. The third kappa shape index (κ3) is 2.53. The van der Waals surface area contributed by atoms with Gasteiger partial charge in [0.1, 0.15) is 5.02 Å². The molecule has 2 aromatic carbocycles. The molecule has 4 rings (SSSR count). The van der Waals surface area contributed by atoms with Crippen molar-refractivity contribution in [3.63, 3.8) is 0 Å². The first-order chi connectivity index (χ1) is 12.1. The van der Waals surface area contributed by atoms with Crippen LogP contribution in [-0.4, -0.2) is 24.1 Å². The van der Waals surface area contributed by atoms with E-state index in [2.05, 4.69) is 9.97 Å². The Labute approximate surface area is 148 Å². The Morgan fingerprint density at radius 3 is 2.52 bits per heavy atom. The molecule has 0 spiro atoms. The molecular weight excluding hydrogens is 338 g/mol. The van der Waals surface area contributed by atoms with Crippen LogP contribution in [-0.2, 0) is 0 Å². The minimum atomic E-state index is -0.572. The van der Waals surface area contributed by atoms with Gasteiger partial charge in [0, 0.05) is 31.2 Å². The van der Waals surface area contributed by atoms with Crippen LogP contribution in [0.4, 0.5) is 5.69 Å². The number of benzene rings is 2. The van der Waals surface area contributed by atoms with Crippen LogP contribution < -0.4 is 10.5 Å². The van der Waals surface area contributed by atoms with Gasteiger partial charge >= 0.3 is 5.63 Å². The van der Waals surface area contributed by atoms with E-state index in [1.807, 2.05) is 56.6 Å². The molecule has 0 saturated heterocycles. The molecule has 25 heavy (non-hydrogen) atoms. The fourth-order valence-corrected chi connectivity index (χ4v) is 3.20. The standard InChI is InChI=1S/C19H14ClN3O2/c1-23(2)16-12-8-9-14-13(17(12)25-19(24)15(16)20)10-21-18(22-14)11-6-4-3-5-7-11/h3-10H,1-2H3. The summed E-state index contributed by atoms with van der Waals surface area (Å²) in [7, 11) is 3.67. The molecule has 0 amide bonds. The molecule has 0 aliphatic rings. The van der Waals surface area contributed by atoms with Gasteiger partial charge < -0.3 is 9.32 Å². The molecule has 0 aliphatic heterocycles. The highest BCUT2D eigenvalue weighted by atomic mass is 35.5. The van der Waals surface area contributed by atoms with Crippen molar-refractivity contribution in [1.82, 2.24) is 9.97 Å². The summed E-state index contributed by atoms with van der Waals surface area (Å²) in [4.78, 5) is 23.0. The van der Waals surface area contributed by atoms with Gasteiger partial charge in [-0.25, -0.2) is 14.8 Å². The first-order valence-corrected chi connectivity index (χ1v) is 8.09. The average Bonchev–Trinajstić information content (AvgIpc) is 2.62. The van der Waals surface area contributed by atoms with E-state index >= 15 is 0 Å². The monoisotopic (exact) mass is 351 g/mol. The quantitative estimate of drug-likeness (QED) is 0.401. The maximum Gasteiger partial charge on any atom is 0.357 e. The second-order valence-corrected chi connectivity index (χ2v) is 6.26. The smallest absolute Gasteiger partial charge is 0.357 e. The van der Waals surface area contributed by atoms with Gasteiger partial charge in [-0.1, -0.05) is 41.9 Å². The maximum absolute atomic E-state index is 12.1. The maximum atomic E-state index is 12.1. The summed E-state index contributed by atoms with van der Waals surface area (Å²) in [6.45, 7) is 0. The molecule has 0 radical (unpaired) electrons. The van der Waals surface area contributed by atoms with Crippen LogP contribution in [0.1, 0.15) is 0 Å². The van der Waals surface area contributed by atoms with Gasteiger partial charge in [-0.3, -0.25) is 0 Å². The van der Waals surface area contributed by atoms with Gasteiger partial charge in [0.2, 0.25) is 0 Å². The summed E-state index contributed by atoms with van der Waals surface area (Å²) < 4.78 is 5.45. The molecule has 4 aromatic rings. The number of hydrogen-bond donors (Lipinski definition) is 0. The van der Waals surface area contributed by atoms with Crippen LogP contribution >= 0.6 is 11.6 Å². The molecule has 0 unspecified atom stereocenters. The van der Waals surface area contributed by atoms with Gasteiger partial charge in [-0.15, -0.1) is 0 Å². The van der Waals surface area contributed by atoms with Crippen molar-refractivity contribution < 1.29 is 4.42 Å². The van der Waals surface area contributed by atoms with Crippen molar-refractivity contribution in [3.8, 4) is 11.4 Å². The first-order valence-electron chi connectivity index (χ1n) is 7.71. The van der Waals surface area contributed by atoms with E-state index in [4.69, 9.17) is 16.0 Å². The number of rotatable bonds is 2. The fraction of sp³-hybridized carbons (Fsp3) is 0.105. The highest BCUT2D eigenvalue weighted by Gasteiger charge is 2.17. The molecule has 2 heterocycles. The Morgan fingerprint density at radius 1 is 1.04 bits per heavy atom. The number of halogens is 1. The van der Waals surface area contributed by atoms with Crippen LogP contribution in [0.2, 0.25) is 5.02 Å². The summed E-state index contributed by atoms with van der Waals surface area (Å²) in [5.41, 5.74) is 2.13. The van der Waals surface area contributed by atoms with Gasteiger partial charge in [0.15, 0.2) is 11.4 Å². The molecule has 124 valence electrons. The predicted molar refractivity (Wildman–Crippen MR) is 100 cm³/mol. The topological polar surface area (TPSA) is 59.2 Å². The summed E-state index contributed by atoms with van der Waals surface area (Å²) in [5, 5.41) is 1.49. The zero-order valence-electron chi connectivity index (χ0n) is 13.7. The first kappa shape index (κ1) is 15.6. The summed E-state index contributed by atoms with van der Waals surface area (Å²) in [5.74, 6) is 0.622. The van der Waals surface area contributed by atoms with Crippen LogP contribution in [0.15, 0.2) is 57.9 Å². The molecule has 0 fully saturated rings. The highest BCUT2D eigenvalue weighted by molar-refractivity contribution is 6.34. The van der Waals surface area contributed by atoms with Crippen LogP contribution in [0.3, 0.4) is 0 Å². The van der Waals surface area contributed by atoms with Gasteiger partial charge in [-0.05, 0) is 12.1 Å². The Hall–Kier alpha value is -2.92. The molecule has 0 N–H and O–H groups in total. The fourth-order valence-electron chi connectivity index (χ4n) is 2.89. The lowest BCUT2D eigenvalue weighted by atomic mass is 10.1. The number of fused-ring (bicyclic) bond motifs is 3. The van der Waals surface area contributed by atoms with Crippen molar-refractivity contribution >= 4 is 39.2 Å². The summed E-state index contributed by atoms with van der Waals surface area (Å²) in [6.07, 6.45) is 1.68. The molecule has 0 atom stereocenters. The minimum Gasteiger partial charge on any atom is -0.421 e. The van der Waals surface area contributed by atoms with E-state index in [1.54, 1.807) is 11.1 Å². The molecule has 0 aliphatic carbocycles. The van der Waals surface area contributed by atoms with Crippen molar-refractivity contribution in [2.24, 2.45) is 0 Å². The SMILES string of the molecule is CN(C)c1c(Cl)c(=O)oc2c1ccc1nc(-c3ccccc3)ncc12. The Balaban J connectivity index is 2.04. The zero-order valence-corrected chi connectivity index (χ0v) is 14.4. The van der Waals surface area contributed by atoms with E-state index in [1.165, 1.54) is 0 Å². The largest absolute Gasteiger partial charge is 0.421 e. The molecule has 6 heteroatoms. The van der Waals surface area contributed by atoms with E-state index in [0.29, 0.717) is 28.0 Å². The minimum absolute atomic E-state index is 0.0682. The normalized spacial score (nSPS) is 11.2. The highest BCUT2D eigenvalue weighted by Crippen LogP contribution is 2.34. The van der Waals surface area contributed by atoms with Crippen LogP contribution in [0.5, 0.6) is 0 Å². The van der Waals surface area contributed by atoms with Crippen molar-refractivity contribution in [2.45, 2.75) is 0 Å². The zero-order chi connectivity index (χ0) is 17.6. The number of anilines is 1. The van der Waals surface area contributed by atoms with E-state index < -0.39 is 5.63 Å². The van der Waals surface area contributed by atoms with Crippen LogP contribution in [0.25, 0.3) is 33.3 Å². The third-order valence-electron chi connectivity index (χ3n) is 4.03. The third-order valence-corrected chi connectivity index (χ3v) is 4.36. The second kappa shape index (κ2) is 5.86. The lowest BCUT2D eigenvalue weighted by Crippen LogP contribution is -2.14. The second-order valence-electron chi connectivity index (χ2n) is 5.88. The van der Waals surface area contributed by atoms with Crippen molar-refractivity contribution in [1.29, 1.82) is 0 Å². The Bertz CT molecular complexity index is 1150. The van der Waals surface area contributed by atoms with E-state index in [-0.39, 0.29) is 5.02 Å². The molecular formula is C19H14ClN3O2. The number of aromatic nitrogens is 2. The van der Waals surface area contributed by atoms with E-state index in [0.717, 1.165) is 10.9 Å². The van der Waals surface area contributed by atoms with Gasteiger partial charge in [-0.2, -0.15) is 0 Å². The lowest BCUT2D eigenvalue weighted by molar-refractivity contribution is 0.564. The van der Waals surface area contributed by atoms with Gasteiger partial charge in [0.05, 0.1) is 16.6 Å². The Kier molecular flexibility index (Phi) is 3.66. The number of hydrogen-bond acceptors (Lipinski definition) is 5. The van der Waals surface area contributed by atoms with E-state index in [9.17, 15) is 4.79 Å². The van der Waals surface area contributed by atoms with Crippen LogP contribution in [0, 0.1) is 0 Å². The average molecular weight is 352 g/mol. The Morgan fingerprint density at radius 2 is 1.80 bits per heavy atom. The molecule has 2 aromatic heterocycles. The molecule has 0 saturated carbocycles. The molecule has 0 bridgehead atoms. The van der Waals surface area contributed by atoms with Crippen molar-refractivity contribution in [2.75, 3.05) is 19.0 Å². The lowest BCUT2D eigenvalue weighted by Gasteiger charge is -2.16. The van der Waals surface area contributed by atoms with Gasteiger partial charge in [0.25, 0.3) is 0 Å². The predicted octanol–water partition coefficient (Wildman–Crippen LogP) is 4.12. The van der Waals surface area contributed by atoms with Crippen molar-refractivity contribution in [3.05, 3.63) is 64.1 Å². The number of nitrogens with zero attached hydrogens (tertiary/aromatic N) is 3. The summed E-state index contributed by atoms with van der Waals surface area (Å²) >= 11 is 6.14.